The first kappa shape index (κ1) is 14.0. The molecular formula is C13H18N2O3S. The molecule has 0 unspecified atom stereocenters. The average Bonchev–Trinajstić information content (AvgIpc) is 2.41. The molecule has 1 aliphatic heterocycles. The highest BCUT2D eigenvalue weighted by atomic mass is 32.2. The van der Waals surface area contributed by atoms with E-state index >= 15 is 0 Å². The van der Waals surface area contributed by atoms with Crippen LogP contribution in [-0.4, -0.2) is 44.0 Å². The first-order chi connectivity index (χ1) is 9.09. The van der Waals surface area contributed by atoms with E-state index in [-0.39, 0.29) is 11.7 Å². The number of benzene rings is 1. The van der Waals surface area contributed by atoms with Crippen molar-refractivity contribution in [2.24, 2.45) is 0 Å². The average molecular weight is 282 g/mol. The van der Waals surface area contributed by atoms with Gasteiger partial charge >= 0.3 is 0 Å². The number of amides is 1. The second-order valence-corrected chi connectivity index (χ2v) is 6.63. The molecule has 1 aromatic carbocycles. The molecule has 0 aliphatic carbocycles. The summed E-state index contributed by atoms with van der Waals surface area (Å²) in [5, 5.41) is 2.74. The summed E-state index contributed by atoms with van der Waals surface area (Å²) in [6.07, 6.45) is 1.63. The van der Waals surface area contributed by atoms with Crippen LogP contribution < -0.4 is 5.32 Å². The van der Waals surface area contributed by atoms with E-state index in [1.165, 1.54) is 4.31 Å². The number of carbonyl (C=O) groups is 1. The molecule has 104 valence electrons. The molecule has 1 aromatic rings. The van der Waals surface area contributed by atoms with E-state index in [1.54, 1.807) is 24.3 Å². The molecule has 0 saturated carbocycles. The predicted molar refractivity (Wildman–Crippen MR) is 73.4 cm³/mol. The molecular weight excluding hydrogens is 264 g/mol. The van der Waals surface area contributed by atoms with E-state index in [4.69, 9.17) is 0 Å². The van der Waals surface area contributed by atoms with E-state index in [0.29, 0.717) is 25.2 Å². The van der Waals surface area contributed by atoms with E-state index < -0.39 is 10.0 Å². The largest absolute Gasteiger partial charge is 0.351 e. The number of nitrogens with zero attached hydrogens (tertiary/aromatic N) is 1. The predicted octanol–water partition coefficient (Wildman–Crippen LogP) is 0.842. The lowest BCUT2D eigenvalue weighted by Crippen LogP contribution is -2.42. The Hall–Kier alpha value is -1.40. The molecule has 0 spiro atoms. The lowest BCUT2D eigenvalue weighted by Gasteiger charge is -2.26. The zero-order valence-corrected chi connectivity index (χ0v) is 11.5. The molecule has 0 atom stereocenters. The number of sulfonamides is 1. The smallest absolute Gasteiger partial charge is 0.251 e. The maximum atomic E-state index is 11.8. The van der Waals surface area contributed by atoms with Gasteiger partial charge in [0.1, 0.15) is 0 Å². The zero-order valence-electron chi connectivity index (χ0n) is 10.7. The Labute approximate surface area is 113 Å². The normalized spacial score (nSPS) is 18.9. The van der Waals surface area contributed by atoms with Gasteiger partial charge in [-0.1, -0.05) is 18.2 Å². The van der Waals surface area contributed by atoms with Crippen LogP contribution in [0.25, 0.3) is 0 Å². The second-order valence-electron chi connectivity index (χ2n) is 4.54. The van der Waals surface area contributed by atoms with Gasteiger partial charge in [0.2, 0.25) is 10.0 Å². The number of nitrogens with one attached hydrogen (secondary N) is 1. The molecule has 2 rings (SSSR count). The van der Waals surface area contributed by atoms with Crippen LogP contribution in [0.5, 0.6) is 0 Å². The highest BCUT2D eigenvalue weighted by Crippen LogP contribution is 2.12. The minimum absolute atomic E-state index is 0.171. The molecule has 5 nitrogen and oxygen atoms in total. The van der Waals surface area contributed by atoms with Gasteiger partial charge in [-0.05, 0) is 25.0 Å². The number of carbonyl (C=O) groups excluding carboxylic acids is 1. The van der Waals surface area contributed by atoms with Gasteiger partial charge in [0.25, 0.3) is 5.91 Å². The van der Waals surface area contributed by atoms with Crippen molar-refractivity contribution >= 4 is 15.9 Å². The van der Waals surface area contributed by atoms with Gasteiger partial charge < -0.3 is 5.32 Å². The fraction of sp³-hybridized carbons (Fsp3) is 0.462. The van der Waals surface area contributed by atoms with Gasteiger partial charge in [0, 0.05) is 25.2 Å². The summed E-state index contributed by atoms with van der Waals surface area (Å²) in [6, 6.07) is 8.89. The van der Waals surface area contributed by atoms with Crippen LogP contribution in [0.3, 0.4) is 0 Å². The highest BCUT2D eigenvalue weighted by molar-refractivity contribution is 7.89. The molecule has 1 fully saturated rings. The van der Waals surface area contributed by atoms with Gasteiger partial charge in [0.05, 0.1) is 5.75 Å². The van der Waals surface area contributed by atoms with Crippen molar-refractivity contribution in [2.75, 3.05) is 25.4 Å². The monoisotopic (exact) mass is 282 g/mol. The minimum Gasteiger partial charge on any atom is -0.351 e. The Morgan fingerprint density at radius 1 is 1.21 bits per heavy atom. The van der Waals surface area contributed by atoms with Crippen molar-refractivity contribution in [1.29, 1.82) is 0 Å². The van der Waals surface area contributed by atoms with E-state index in [2.05, 4.69) is 5.32 Å². The summed E-state index contributed by atoms with van der Waals surface area (Å²) in [7, 11) is -3.10. The number of rotatable bonds is 4. The maximum Gasteiger partial charge on any atom is 0.251 e. The second kappa shape index (κ2) is 6.16. The Bertz CT molecular complexity index is 528. The maximum absolute atomic E-state index is 11.8. The van der Waals surface area contributed by atoms with Crippen molar-refractivity contribution in [3.05, 3.63) is 35.9 Å². The first-order valence-corrected chi connectivity index (χ1v) is 8.01. The molecule has 1 N–H and O–H groups in total. The van der Waals surface area contributed by atoms with E-state index in [9.17, 15) is 13.2 Å². The van der Waals surface area contributed by atoms with Crippen LogP contribution >= 0.6 is 0 Å². The molecule has 0 bridgehead atoms. The van der Waals surface area contributed by atoms with Crippen LogP contribution in [0.4, 0.5) is 0 Å². The topological polar surface area (TPSA) is 66.5 Å². The summed E-state index contributed by atoms with van der Waals surface area (Å²) in [4.78, 5) is 11.8. The number of hydrogen-bond acceptors (Lipinski definition) is 3. The lowest BCUT2D eigenvalue weighted by atomic mass is 10.2. The summed E-state index contributed by atoms with van der Waals surface area (Å²) in [5.74, 6) is 0.0506. The molecule has 6 heteroatoms. The van der Waals surface area contributed by atoms with Crippen LogP contribution in [0.2, 0.25) is 0 Å². The van der Waals surface area contributed by atoms with Crippen LogP contribution in [-0.2, 0) is 10.0 Å². The van der Waals surface area contributed by atoms with Gasteiger partial charge in [-0.2, -0.15) is 0 Å². The molecule has 1 amide bonds. The van der Waals surface area contributed by atoms with Crippen LogP contribution in [0.1, 0.15) is 23.2 Å². The number of hydrogen-bond donors (Lipinski definition) is 1. The molecule has 0 aromatic heterocycles. The van der Waals surface area contributed by atoms with Crippen molar-refractivity contribution in [3.63, 3.8) is 0 Å². The van der Waals surface area contributed by atoms with Crippen LogP contribution in [0.15, 0.2) is 30.3 Å². The molecule has 1 saturated heterocycles. The summed E-state index contributed by atoms with van der Waals surface area (Å²) >= 11 is 0. The fourth-order valence-corrected chi connectivity index (χ4v) is 3.68. The van der Waals surface area contributed by atoms with Gasteiger partial charge in [-0.3, -0.25) is 4.79 Å². The SMILES string of the molecule is O=C(NCCN1CCCCS1(=O)=O)c1ccccc1. The first-order valence-electron chi connectivity index (χ1n) is 6.41. The fourth-order valence-electron chi connectivity index (χ4n) is 2.08. The third kappa shape index (κ3) is 3.78. The minimum atomic E-state index is -3.10. The molecule has 1 heterocycles. The van der Waals surface area contributed by atoms with Crippen molar-refractivity contribution in [1.82, 2.24) is 9.62 Å². The summed E-state index contributed by atoms with van der Waals surface area (Å²) in [6.45, 7) is 1.25. The van der Waals surface area contributed by atoms with Gasteiger partial charge in [0.15, 0.2) is 0 Å². The Morgan fingerprint density at radius 3 is 2.63 bits per heavy atom. The van der Waals surface area contributed by atoms with E-state index in [0.717, 1.165) is 12.8 Å². The Morgan fingerprint density at radius 2 is 1.95 bits per heavy atom. The van der Waals surface area contributed by atoms with Gasteiger partial charge in [-0.25, -0.2) is 12.7 Å². The van der Waals surface area contributed by atoms with E-state index in [1.807, 2.05) is 6.07 Å². The van der Waals surface area contributed by atoms with Crippen LogP contribution in [0, 0.1) is 0 Å². The van der Waals surface area contributed by atoms with Crippen molar-refractivity contribution in [3.8, 4) is 0 Å². The van der Waals surface area contributed by atoms with Gasteiger partial charge in [-0.15, -0.1) is 0 Å². The molecule has 1 aliphatic rings. The summed E-state index contributed by atoms with van der Waals surface area (Å²) < 4.78 is 24.9. The Kier molecular flexibility index (Phi) is 4.55. The highest BCUT2D eigenvalue weighted by Gasteiger charge is 2.25. The zero-order chi connectivity index (χ0) is 13.7. The lowest BCUT2D eigenvalue weighted by molar-refractivity contribution is 0.0951. The standard InChI is InChI=1S/C13H18N2O3S/c16-13(12-6-2-1-3-7-12)14-8-10-15-9-4-5-11-19(15,17)18/h1-3,6-7H,4-5,8-11H2,(H,14,16). The van der Waals surface area contributed by atoms with Crippen molar-refractivity contribution in [2.45, 2.75) is 12.8 Å². The van der Waals surface area contributed by atoms with Crippen molar-refractivity contribution < 1.29 is 13.2 Å². The Balaban J connectivity index is 1.82. The third-order valence-electron chi connectivity index (χ3n) is 3.14. The summed E-state index contributed by atoms with van der Waals surface area (Å²) in [5.41, 5.74) is 0.587. The molecule has 19 heavy (non-hydrogen) atoms. The molecule has 0 radical (unpaired) electrons. The quantitative estimate of drug-likeness (QED) is 0.890. The third-order valence-corrected chi connectivity index (χ3v) is 5.09.